The molecule has 0 fully saturated rings. The second-order valence-electron chi connectivity index (χ2n) is 3.22. The molecule has 0 spiro atoms. The SMILES string of the molecule is Cc1cc(N)n(Cc2ccncc2)n1. The third kappa shape index (κ3) is 1.74. The van der Waals surface area contributed by atoms with E-state index in [1.54, 1.807) is 17.1 Å². The predicted molar refractivity (Wildman–Crippen MR) is 54.7 cm³/mol. The summed E-state index contributed by atoms with van der Waals surface area (Å²) in [7, 11) is 0. The number of rotatable bonds is 2. The average Bonchev–Trinajstić information content (AvgIpc) is 2.47. The minimum Gasteiger partial charge on any atom is -0.384 e. The lowest BCUT2D eigenvalue weighted by atomic mass is 10.3. The van der Waals surface area contributed by atoms with Crippen molar-refractivity contribution < 1.29 is 0 Å². The first-order valence-electron chi connectivity index (χ1n) is 4.44. The molecule has 0 aliphatic rings. The Kier molecular flexibility index (Phi) is 2.18. The molecule has 2 aromatic heterocycles. The number of anilines is 1. The highest BCUT2D eigenvalue weighted by atomic mass is 15.3. The van der Waals surface area contributed by atoms with Gasteiger partial charge < -0.3 is 5.73 Å². The van der Waals surface area contributed by atoms with Crippen LogP contribution in [-0.4, -0.2) is 14.8 Å². The van der Waals surface area contributed by atoms with Crippen molar-refractivity contribution in [3.8, 4) is 0 Å². The van der Waals surface area contributed by atoms with Crippen molar-refractivity contribution in [2.75, 3.05) is 5.73 Å². The van der Waals surface area contributed by atoms with Crippen LogP contribution in [0.25, 0.3) is 0 Å². The summed E-state index contributed by atoms with van der Waals surface area (Å²) in [5.41, 5.74) is 7.86. The van der Waals surface area contributed by atoms with Crippen LogP contribution < -0.4 is 5.73 Å². The molecule has 0 unspecified atom stereocenters. The summed E-state index contributed by atoms with van der Waals surface area (Å²) in [4.78, 5) is 3.95. The van der Waals surface area contributed by atoms with Crippen molar-refractivity contribution in [2.24, 2.45) is 0 Å². The fraction of sp³-hybridized carbons (Fsp3) is 0.200. The summed E-state index contributed by atoms with van der Waals surface area (Å²) in [6.07, 6.45) is 3.53. The minimum atomic E-state index is 0.694. The number of hydrogen-bond acceptors (Lipinski definition) is 3. The fourth-order valence-electron chi connectivity index (χ4n) is 1.35. The second kappa shape index (κ2) is 3.49. The van der Waals surface area contributed by atoms with E-state index in [0.717, 1.165) is 11.3 Å². The van der Waals surface area contributed by atoms with Crippen LogP contribution in [0.3, 0.4) is 0 Å². The van der Waals surface area contributed by atoms with E-state index in [4.69, 9.17) is 5.73 Å². The van der Waals surface area contributed by atoms with Crippen molar-refractivity contribution in [1.82, 2.24) is 14.8 Å². The molecule has 14 heavy (non-hydrogen) atoms. The van der Waals surface area contributed by atoms with Gasteiger partial charge in [-0.1, -0.05) is 0 Å². The van der Waals surface area contributed by atoms with Gasteiger partial charge in [-0.05, 0) is 24.6 Å². The quantitative estimate of drug-likeness (QED) is 0.770. The number of pyridine rings is 1. The highest BCUT2D eigenvalue weighted by Crippen LogP contribution is 2.08. The molecular weight excluding hydrogens is 176 g/mol. The molecular formula is C10H12N4. The number of aryl methyl sites for hydroxylation is 1. The maximum atomic E-state index is 5.77. The molecule has 0 saturated heterocycles. The molecule has 0 aliphatic carbocycles. The predicted octanol–water partition coefficient (Wildman–Crippen LogP) is 1.22. The van der Waals surface area contributed by atoms with Gasteiger partial charge in [0, 0.05) is 18.5 Å². The highest BCUT2D eigenvalue weighted by Gasteiger charge is 2.01. The van der Waals surface area contributed by atoms with E-state index >= 15 is 0 Å². The molecule has 0 saturated carbocycles. The average molecular weight is 188 g/mol. The molecule has 0 bridgehead atoms. The summed E-state index contributed by atoms with van der Waals surface area (Å²) in [5, 5.41) is 4.28. The Labute approximate surface area is 82.4 Å². The molecule has 0 amide bonds. The lowest BCUT2D eigenvalue weighted by Gasteiger charge is -2.02. The zero-order valence-electron chi connectivity index (χ0n) is 8.01. The molecule has 0 radical (unpaired) electrons. The Balaban J connectivity index is 2.23. The Morgan fingerprint density at radius 2 is 2.07 bits per heavy atom. The monoisotopic (exact) mass is 188 g/mol. The van der Waals surface area contributed by atoms with Gasteiger partial charge in [0.2, 0.25) is 0 Å². The lowest BCUT2D eigenvalue weighted by Crippen LogP contribution is -2.05. The molecule has 2 N–H and O–H groups in total. The van der Waals surface area contributed by atoms with Crippen LogP contribution in [0, 0.1) is 6.92 Å². The van der Waals surface area contributed by atoms with Gasteiger partial charge in [-0.15, -0.1) is 0 Å². The van der Waals surface area contributed by atoms with Crippen LogP contribution in [0.2, 0.25) is 0 Å². The Morgan fingerprint density at radius 3 is 2.64 bits per heavy atom. The summed E-state index contributed by atoms with van der Waals surface area (Å²) in [6, 6.07) is 5.77. The van der Waals surface area contributed by atoms with E-state index in [2.05, 4.69) is 10.1 Å². The summed E-state index contributed by atoms with van der Waals surface area (Å²) < 4.78 is 1.78. The van der Waals surface area contributed by atoms with Crippen LogP contribution >= 0.6 is 0 Å². The third-order valence-corrected chi connectivity index (χ3v) is 2.01. The van der Waals surface area contributed by atoms with E-state index in [9.17, 15) is 0 Å². The van der Waals surface area contributed by atoms with E-state index in [-0.39, 0.29) is 0 Å². The maximum Gasteiger partial charge on any atom is 0.122 e. The van der Waals surface area contributed by atoms with Crippen molar-refractivity contribution in [3.63, 3.8) is 0 Å². The summed E-state index contributed by atoms with van der Waals surface area (Å²) >= 11 is 0. The standard InChI is InChI=1S/C10H12N4/c1-8-6-10(11)14(13-8)7-9-2-4-12-5-3-9/h2-6H,7,11H2,1H3. The minimum absolute atomic E-state index is 0.694. The van der Waals surface area contributed by atoms with Crippen molar-refractivity contribution in [1.29, 1.82) is 0 Å². The van der Waals surface area contributed by atoms with Crippen LogP contribution in [0.4, 0.5) is 5.82 Å². The van der Waals surface area contributed by atoms with Crippen LogP contribution in [0.5, 0.6) is 0 Å². The van der Waals surface area contributed by atoms with Crippen molar-refractivity contribution >= 4 is 5.82 Å². The molecule has 0 aromatic carbocycles. The first-order valence-corrected chi connectivity index (χ1v) is 4.44. The van der Waals surface area contributed by atoms with E-state index in [0.29, 0.717) is 12.4 Å². The van der Waals surface area contributed by atoms with Gasteiger partial charge in [-0.2, -0.15) is 5.10 Å². The van der Waals surface area contributed by atoms with Crippen molar-refractivity contribution in [2.45, 2.75) is 13.5 Å². The molecule has 2 aromatic rings. The normalized spacial score (nSPS) is 10.4. The smallest absolute Gasteiger partial charge is 0.122 e. The van der Waals surface area contributed by atoms with Crippen molar-refractivity contribution in [3.05, 3.63) is 41.9 Å². The zero-order chi connectivity index (χ0) is 9.97. The van der Waals surface area contributed by atoms with E-state index in [1.807, 2.05) is 25.1 Å². The van der Waals surface area contributed by atoms with Crippen LogP contribution in [-0.2, 0) is 6.54 Å². The van der Waals surface area contributed by atoms with Gasteiger partial charge in [0.15, 0.2) is 0 Å². The highest BCUT2D eigenvalue weighted by molar-refractivity contribution is 5.31. The second-order valence-corrected chi connectivity index (χ2v) is 3.22. The Hall–Kier alpha value is -1.84. The summed E-state index contributed by atoms with van der Waals surface area (Å²) in [5.74, 6) is 0.694. The van der Waals surface area contributed by atoms with Gasteiger partial charge in [0.25, 0.3) is 0 Å². The van der Waals surface area contributed by atoms with Crippen LogP contribution in [0.1, 0.15) is 11.3 Å². The third-order valence-electron chi connectivity index (χ3n) is 2.01. The largest absolute Gasteiger partial charge is 0.384 e. The van der Waals surface area contributed by atoms with Gasteiger partial charge in [0.05, 0.1) is 12.2 Å². The number of nitrogens with zero attached hydrogens (tertiary/aromatic N) is 3. The molecule has 0 aliphatic heterocycles. The fourth-order valence-corrected chi connectivity index (χ4v) is 1.35. The van der Waals surface area contributed by atoms with Crippen LogP contribution in [0.15, 0.2) is 30.6 Å². The van der Waals surface area contributed by atoms with Gasteiger partial charge >= 0.3 is 0 Å². The molecule has 0 atom stereocenters. The molecule has 72 valence electrons. The van der Waals surface area contributed by atoms with E-state index < -0.39 is 0 Å². The zero-order valence-corrected chi connectivity index (χ0v) is 8.01. The van der Waals surface area contributed by atoms with Gasteiger partial charge in [-0.3, -0.25) is 4.98 Å². The number of nitrogens with two attached hydrogens (primary N) is 1. The maximum absolute atomic E-state index is 5.77. The number of aromatic nitrogens is 3. The Morgan fingerprint density at radius 1 is 1.36 bits per heavy atom. The van der Waals surface area contributed by atoms with Gasteiger partial charge in [-0.25, -0.2) is 4.68 Å². The first kappa shape index (κ1) is 8.74. The molecule has 2 heterocycles. The lowest BCUT2D eigenvalue weighted by molar-refractivity contribution is 0.688. The number of hydrogen-bond donors (Lipinski definition) is 1. The number of nitrogen functional groups attached to an aromatic ring is 1. The summed E-state index contributed by atoms with van der Waals surface area (Å²) in [6.45, 7) is 2.63. The Bertz CT molecular complexity index is 419. The molecule has 4 heteroatoms. The van der Waals surface area contributed by atoms with Gasteiger partial charge in [0.1, 0.15) is 5.82 Å². The first-order chi connectivity index (χ1) is 6.75. The molecule has 4 nitrogen and oxygen atoms in total. The molecule has 2 rings (SSSR count). The van der Waals surface area contributed by atoms with E-state index in [1.165, 1.54) is 0 Å². The topological polar surface area (TPSA) is 56.7 Å².